The molecule has 0 saturated heterocycles. The Hall–Kier alpha value is -4.32. The second-order valence-corrected chi connectivity index (χ2v) is 10.6. The molecule has 0 spiro atoms. The first-order valence-electron chi connectivity index (χ1n) is 12.6. The lowest BCUT2D eigenvalue weighted by Gasteiger charge is -2.11. The number of hydrogen-bond acceptors (Lipinski definition) is 6. The highest BCUT2D eigenvalue weighted by atomic mass is 79.9. The zero-order chi connectivity index (χ0) is 28.8. The minimum atomic E-state index is 0.209. The quantitative estimate of drug-likeness (QED) is 0.146. The molecule has 1 heterocycles. The lowest BCUT2D eigenvalue weighted by molar-refractivity contribution is 0.302. The minimum Gasteiger partial charge on any atom is -0.497 e. The number of nitrogens with zero attached hydrogens (tertiary/aromatic N) is 2. The topological polar surface area (TPSA) is 77.0 Å². The van der Waals surface area contributed by atoms with Crippen LogP contribution in [0.2, 0.25) is 0 Å². The summed E-state index contributed by atoms with van der Waals surface area (Å²) < 4.78 is 24.5. The summed E-state index contributed by atoms with van der Waals surface area (Å²) >= 11 is 7.23. The van der Waals surface area contributed by atoms with Gasteiger partial charge in [-0.1, -0.05) is 42.5 Å². The molecule has 0 aliphatic heterocycles. The Bertz CT molecular complexity index is 1700. The summed E-state index contributed by atoms with van der Waals surface area (Å²) in [5, 5.41) is 10.2. The summed E-state index contributed by atoms with van der Waals surface area (Å²) in [6.07, 6.45) is 1.66. The highest BCUT2D eigenvalue weighted by Crippen LogP contribution is 2.43. The maximum Gasteiger partial charge on any atom is 0.238 e. The van der Waals surface area contributed by atoms with Crippen molar-refractivity contribution in [2.45, 2.75) is 6.61 Å². The van der Waals surface area contributed by atoms with E-state index in [0.29, 0.717) is 35.0 Å². The number of furan rings is 1. The first kappa shape index (κ1) is 28.2. The van der Waals surface area contributed by atoms with Crippen molar-refractivity contribution in [3.63, 3.8) is 0 Å². The third-order valence-corrected chi connectivity index (χ3v) is 7.49. The van der Waals surface area contributed by atoms with Crippen LogP contribution in [-0.4, -0.2) is 20.4 Å². The molecule has 0 N–H and O–H groups in total. The van der Waals surface area contributed by atoms with Crippen molar-refractivity contribution in [1.82, 2.24) is 0 Å². The summed E-state index contributed by atoms with van der Waals surface area (Å²) in [5.74, 6) is 2.87. The second-order valence-electron chi connectivity index (χ2n) is 8.90. The van der Waals surface area contributed by atoms with Crippen LogP contribution in [0.15, 0.2) is 109 Å². The van der Waals surface area contributed by atoms with E-state index in [1.807, 2.05) is 91.0 Å². The molecule has 0 radical (unpaired) electrons. The molecule has 5 rings (SSSR count). The Labute approximate surface area is 255 Å². The van der Waals surface area contributed by atoms with Gasteiger partial charge in [0.25, 0.3) is 0 Å². The van der Waals surface area contributed by atoms with E-state index in [1.165, 1.54) is 0 Å². The van der Waals surface area contributed by atoms with Crippen LogP contribution in [0.1, 0.15) is 16.7 Å². The van der Waals surface area contributed by atoms with Gasteiger partial charge in [-0.2, -0.15) is 5.26 Å². The highest BCUT2D eigenvalue weighted by Gasteiger charge is 2.23. The van der Waals surface area contributed by atoms with E-state index >= 15 is 0 Å². The third-order valence-electron chi connectivity index (χ3n) is 6.31. The molecule has 0 unspecified atom stereocenters. The molecule has 8 heteroatoms. The number of hydrogen-bond donors (Lipinski definition) is 0. The molecule has 5 aromatic rings. The van der Waals surface area contributed by atoms with Gasteiger partial charge in [0.1, 0.15) is 41.2 Å². The second kappa shape index (κ2) is 12.9. The summed E-state index contributed by atoms with van der Waals surface area (Å²) in [7, 11) is 3.23. The van der Waals surface area contributed by atoms with Gasteiger partial charge >= 0.3 is 0 Å². The van der Waals surface area contributed by atoms with E-state index in [9.17, 15) is 5.26 Å². The van der Waals surface area contributed by atoms with Crippen molar-refractivity contribution < 1.29 is 18.6 Å². The molecule has 204 valence electrons. The van der Waals surface area contributed by atoms with Gasteiger partial charge in [0, 0.05) is 17.3 Å². The smallest absolute Gasteiger partial charge is 0.238 e. The normalized spacial score (nSPS) is 10.9. The average molecular weight is 672 g/mol. The molecule has 4 aromatic carbocycles. The molecule has 1 aromatic heterocycles. The van der Waals surface area contributed by atoms with Crippen molar-refractivity contribution >= 4 is 44.0 Å². The van der Waals surface area contributed by atoms with E-state index in [1.54, 1.807) is 20.4 Å². The molecule has 0 aliphatic carbocycles. The van der Waals surface area contributed by atoms with E-state index in [4.69, 9.17) is 18.6 Å². The maximum absolute atomic E-state index is 10.2. The summed E-state index contributed by atoms with van der Waals surface area (Å²) in [5.41, 5.74) is 4.44. The van der Waals surface area contributed by atoms with E-state index in [0.717, 1.165) is 36.9 Å². The first-order chi connectivity index (χ1) is 20.0. The van der Waals surface area contributed by atoms with E-state index in [2.05, 4.69) is 42.9 Å². The number of halogens is 2. The zero-order valence-corrected chi connectivity index (χ0v) is 25.4. The largest absolute Gasteiger partial charge is 0.497 e. The van der Waals surface area contributed by atoms with Crippen LogP contribution >= 0.6 is 31.9 Å². The molecule has 0 bridgehead atoms. The predicted octanol–water partition coefficient (Wildman–Crippen LogP) is 9.36. The predicted molar refractivity (Wildman–Crippen MR) is 167 cm³/mol. The van der Waals surface area contributed by atoms with Crippen LogP contribution in [0.3, 0.4) is 0 Å². The molecule has 0 atom stereocenters. The van der Waals surface area contributed by atoms with Gasteiger partial charge < -0.3 is 18.6 Å². The fraction of sp³-hybridized carbons (Fsp3) is 0.0909. The molecule has 0 aliphatic rings. The minimum absolute atomic E-state index is 0.209. The maximum atomic E-state index is 10.2. The fourth-order valence-electron chi connectivity index (χ4n) is 4.25. The van der Waals surface area contributed by atoms with Crippen LogP contribution in [0.5, 0.6) is 17.2 Å². The SMILES string of the molecule is COc1ccc(-c2oc(N=Cc3cc(Br)c(OCc4ccccc4)c(Br)c3)c(C#N)c2-c2ccc(OC)cc2)cc1. The molecular formula is C33H24Br2N2O4. The molecule has 0 amide bonds. The summed E-state index contributed by atoms with van der Waals surface area (Å²) in [6.45, 7) is 0.436. The van der Waals surface area contributed by atoms with Gasteiger partial charge in [-0.15, -0.1) is 0 Å². The Morgan fingerprint density at radius 3 is 1.98 bits per heavy atom. The van der Waals surface area contributed by atoms with Gasteiger partial charge in [0.2, 0.25) is 5.88 Å². The Kier molecular flexibility index (Phi) is 8.88. The highest BCUT2D eigenvalue weighted by molar-refractivity contribution is 9.11. The third kappa shape index (κ3) is 6.37. The first-order valence-corrected chi connectivity index (χ1v) is 14.1. The van der Waals surface area contributed by atoms with Crippen LogP contribution in [0.4, 0.5) is 5.88 Å². The number of aliphatic imine (C=N–C) groups is 1. The molecular weight excluding hydrogens is 648 g/mol. The van der Waals surface area contributed by atoms with Gasteiger partial charge in [0.15, 0.2) is 0 Å². The number of rotatable bonds is 9. The molecule has 6 nitrogen and oxygen atoms in total. The van der Waals surface area contributed by atoms with Crippen LogP contribution in [0, 0.1) is 11.3 Å². The zero-order valence-electron chi connectivity index (χ0n) is 22.2. The van der Waals surface area contributed by atoms with Crippen LogP contribution < -0.4 is 14.2 Å². The lowest BCUT2D eigenvalue weighted by atomic mass is 9.98. The van der Waals surface area contributed by atoms with Gasteiger partial charge in [-0.05, 0) is 97.1 Å². The van der Waals surface area contributed by atoms with Gasteiger partial charge in [0.05, 0.1) is 23.2 Å². The standard InChI is InChI=1S/C33H24Br2N2O4/c1-38-25-12-8-23(9-13-25)30-27(18-36)33(41-31(30)24-10-14-26(39-2)15-11-24)37-19-22-16-28(34)32(29(35)17-22)40-20-21-6-4-3-5-7-21/h3-17,19H,20H2,1-2H3. The van der Waals surface area contributed by atoms with Gasteiger partial charge in [-0.25, -0.2) is 4.99 Å². The number of nitriles is 1. The van der Waals surface area contributed by atoms with Crippen molar-refractivity contribution in [2.75, 3.05) is 14.2 Å². The Balaban J connectivity index is 1.51. The Morgan fingerprint density at radius 2 is 1.41 bits per heavy atom. The molecule has 0 saturated carbocycles. The number of methoxy groups -OCH3 is 2. The van der Waals surface area contributed by atoms with Crippen molar-refractivity contribution in [3.8, 4) is 45.8 Å². The number of ether oxygens (including phenoxy) is 3. The monoisotopic (exact) mass is 670 g/mol. The van der Waals surface area contributed by atoms with E-state index in [-0.39, 0.29) is 5.88 Å². The van der Waals surface area contributed by atoms with Crippen molar-refractivity contribution in [1.29, 1.82) is 5.26 Å². The van der Waals surface area contributed by atoms with Crippen LogP contribution in [0.25, 0.3) is 22.5 Å². The summed E-state index contributed by atoms with van der Waals surface area (Å²) in [6, 6.07) is 31.0. The van der Waals surface area contributed by atoms with Gasteiger partial charge in [-0.3, -0.25) is 0 Å². The molecule has 0 fully saturated rings. The average Bonchev–Trinajstić information content (AvgIpc) is 3.38. The molecule has 41 heavy (non-hydrogen) atoms. The lowest BCUT2D eigenvalue weighted by Crippen LogP contribution is -1.97. The fourth-order valence-corrected chi connectivity index (χ4v) is 5.70. The summed E-state index contributed by atoms with van der Waals surface area (Å²) in [4.78, 5) is 4.61. The Morgan fingerprint density at radius 1 is 0.829 bits per heavy atom. The van der Waals surface area contributed by atoms with Crippen LogP contribution in [-0.2, 0) is 6.61 Å². The van der Waals surface area contributed by atoms with Crippen molar-refractivity contribution in [3.05, 3.63) is 117 Å². The van der Waals surface area contributed by atoms with E-state index < -0.39 is 0 Å². The van der Waals surface area contributed by atoms with Crippen molar-refractivity contribution in [2.24, 2.45) is 4.99 Å². The number of benzene rings is 4.